The molecule has 94 valence electrons. The van der Waals surface area contributed by atoms with Crippen LogP contribution in [0.4, 0.5) is 17.2 Å². The van der Waals surface area contributed by atoms with E-state index in [1.807, 2.05) is 12.1 Å². The Morgan fingerprint density at radius 1 is 1.26 bits per heavy atom. The maximum absolute atomic E-state index is 11.0. The molecule has 2 aromatic rings. The highest BCUT2D eigenvalue weighted by molar-refractivity contribution is 5.89. The molecule has 1 amide bonds. The number of benzene rings is 1. The molecular weight excluding hydrogens is 240 g/mol. The fourth-order valence-corrected chi connectivity index (χ4v) is 1.59. The van der Waals surface area contributed by atoms with Crippen molar-refractivity contribution in [1.29, 1.82) is 5.26 Å². The highest BCUT2D eigenvalue weighted by atomic mass is 16.1. The number of rotatable bonds is 3. The Morgan fingerprint density at radius 3 is 2.79 bits per heavy atom. The third kappa shape index (κ3) is 3.54. The quantitative estimate of drug-likeness (QED) is 0.880. The molecule has 5 nitrogen and oxygen atoms in total. The highest BCUT2D eigenvalue weighted by Crippen LogP contribution is 2.19. The number of amides is 1. The predicted octanol–water partition coefficient (Wildman–Crippen LogP) is 2.66. The van der Waals surface area contributed by atoms with Crippen molar-refractivity contribution in [3.63, 3.8) is 0 Å². The molecule has 0 unspecified atom stereocenters. The van der Waals surface area contributed by atoms with Crippen LogP contribution in [0, 0.1) is 11.3 Å². The lowest BCUT2D eigenvalue weighted by Crippen LogP contribution is -2.05. The van der Waals surface area contributed by atoms with Gasteiger partial charge in [0.05, 0.1) is 11.6 Å². The second kappa shape index (κ2) is 5.65. The molecule has 0 radical (unpaired) electrons. The Morgan fingerprint density at radius 2 is 2.05 bits per heavy atom. The van der Waals surface area contributed by atoms with Crippen molar-refractivity contribution in [3.05, 3.63) is 48.2 Å². The van der Waals surface area contributed by atoms with Gasteiger partial charge < -0.3 is 10.6 Å². The number of nitrogens with one attached hydrogen (secondary N) is 2. The Labute approximate surface area is 110 Å². The lowest BCUT2D eigenvalue weighted by Gasteiger charge is -2.08. The SMILES string of the molecule is CC(=O)Nc1cccc(Nc2cc(C#N)ccn2)c1. The average Bonchev–Trinajstić information content (AvgIpc) is 2.38. The van der Waals surface area contributed by atoms with E-state index in [4.69, 9.17) is 5.26 Å². The van der Waals surface area contributed by atoms with Crippen LogP contribution in [-0.2, 0) is 4.79 Å². The standard InChI is InChI=1S/C14H12N4O/c1-10(19)17-12-3-2-4-13(8-12)18-14-7-11(9-15)5-6-16-14/h2-8H,1H3,(H,16,18)(H,17,19). The summed E-state index contributed by atoms with van der Waals surface area (Å²) in [6.07, 6.45) is 1.57. The van der Waals surface area contributed by atoms with E-state index in [2.05, 4.69) is 21.7 Å². The summed E-state index contributed by atoms with van der Waals surface area (Å²) in [5.41, 5.74) is 2.03. The van der Waals surface area contributed by atoms with E-state index >= 15 is 0 Å². The van der Waals surface area contributed by atoms with Crippen LogP contribution in [0.2, 0.25) is 0 Å². The number of nitrogens with zero attached hydrogens (tertiary/aromatic N) is 2. The largest absolute Gasteiger partial charge is 0.340 e. The first kappa shape index (κ1) is 12.6. The van der Waals surface area contributed by atoms with Gasteiger partial charge in [-0.3, -0.25) is 4.79 Å². The number of pyridine rings is 1. The molecule has 2 N–H and O–H groups in total. The molecule has 0 fully saturated rings. The molecule has 0 aliphatic carbocycles. The van der Waals surface area contributed by atoms with Crippen LogP contribution in [0.1, 0.15) is 12.5 Å². The number of hydrogen-bond acceptors (Lipinski definition) is 4. The van der Waals surface area contributed by atoms with Crippen molar-refractivity contribution in [2.75, 3.05) is 10.6 Å². The highest BCUT2D eigenvalue weighted by Gasteiger charge is 2.00. The van der Waals surface area contributed by atoms with Gasteiger partial charge in [-0.1, -0.05) is 6.07 Å². The lowest BCUT2D eigenvalue weighted by molar-refractivity contribution is -0.114. The molecule has 0 aliphatic heterocycles. The normalized spacial score (nSPS) is 9.47. The summed E-state index contributed by atoms with van der Waals surface area (Å²) >= 11 is 0. The van der Waals surface area contributed by atoms with Crippen LogP contribution in [0.25, 0.3) is 0 Å². The van der Waals surface area contributed by atoms with Gasteiger partial charge in [0, 0.05) is 24.5 Å². The van der Waals surface area contributed by atoms with Crippen molar-refractivity contribution in [2.24, 2.45) is 0 Å². The van der Waals surface area contributed by atoms with Crippen LogP contribution < -0.4 is 10.6 Å². The molecule has 0 atom stereocenters. The maximum atomic E-state index is 11.0. The monoisotopic (exact) mass is 252 g/mol. The van der Waals surface area contributed by atoms with E-state index in [9.17, 15) is 4.79 Å². The number of aromatic nitrogens is 1. The number of hydrogen-bond donors (Lipinski definition) is 2. The molecule has 0 bridgehead atoms. The summed E-state index contributed by atoms with van der Waals surface area (Å²) < 4.78 is 0. The minimum atomic E-state index is -0.123. The van der Waals surface area contributed by atoms with E-state index < -0.39 is 0 Å². The van der Waals surface area contributed by atoms with E-state index in [1.165, 1.54) is 6.92 Å². The van der Waals surface area contributed by atoms with Crippen LogP contribution in [0.5, 0.6) is 0 Å². The van der Waals surface area contributed by atoms with Crippen LogP contribution >= 0.6 is 0 Å². The fourth-order valence-electron chi connectivity index (χ4n) is 1.59. The third-order valence-corrected chi connectivity index (χ3v) is 2.34. The second-order valence-corrected chi connectivity index (χ2v) is 3.93. The average molecular weight is 252 g/mol. The van der Waals surface area contributed by atoms with Gasteiger partial charge in [0.1, 0.15) is 5.82 Å². The Bertz CT molecular complexity index is 646. The van der Waals surface area contributed by atoms with E-state index in [1.54, 1.807) is 30.5 Å². The van der Waals surface area contributed by atoms with Crippen LogP contribution in [0.3, 0.4) is 0 Å². The number of anilines is 3. The summed E-state index contributed by atoms with van der Waals surface area (Å²) in [4.78, 5) is 15.1. The lowest BCUT2D eigenvalue weighted by atomic mass is 10.2. The molecular formula is C14H12N4O. The fraction of sp³-hybridized carbons (Fsp3) is 0.0714. The Balaban J connectivity index is 2.18. The van der Waals surface area contributed by atoms with Crippen molar-refractivity contribution >= 4 is 23.1 Å². The molecule has 1 aromatic heterocycles. The third-order valence-electron chi connectivity index (χ3n) is 2.34. The van der Waals surface area contributed by atoms with Gasteiger partial charge in [-0.2, -0.15) is 5.26 Å². The first-order valence-corrected chi connectivity index (χ1v) is 5.68. The van der Waals surface area contributed by atoms with Gasteiger partial charge in [0.2, 0.25) is 5.91 Å². The van der Waals surface area contributed by atoms with Gasteiger partial charge in [0.15, 0.2) is 0 Å². The predicted molar refractivity (Wildman–Crippen MR) is 73.0 cm³/mol. The van der Waals surface area contributed by atoms with E-state index in [0.717, 1.165) is 5.69 Å². The minimum absolute atomic E-state index is 0.123. The molecule has 0 saturated heterocycles. The molecule has 19 heavy (non-hydrogen) atoms. The van der Waals surface area contributed by atoms with Crippen LogP contribution in [-0.4, -0.2) is 10.9 Å². The number of carbonyl (C=O) groups excluding carboxylic acids is 1. The first-order chi connectivity index (χ1) is 9.17. The summed E-state index contributed by atoms with van der Waals surface area (Å²) in [6, 6.07) is 12.6. The molecule has 1 heterocycles. The van der Waals surface area contributed by atoms with Crippen LogP contribution in [0.15, 0.2) is 42.6 Å². The van der Waals surface area contributed by atoms with Gasteiger partial charge >= 0.3 is 0 Å². The molecule has 0 saturated carbocycles. The molecule has 0 aliphatic rings. The summed E-state index contributed by atoms with van der Waals surface area (Å²) in [7, 11) is 0. The van der Waals surface area contributed by atoms with E-state index in [0.29, 0.717) is 17.1 Å². The summed E-state index contributed by atoms with van der Waals surface area (Å²) in [6.45, 7) is 1.46. The van der Waals surface area contributed by atoms with Gasteiger partial charge in [-0.05, 0) is 30.3 Å². The maximum Gasteiger partial charge on any atom is 0.221 e. The van der Waals surface area contributed by atoms with Crippen molar-refractivity contribution in [1.82, 2.24) is 4.98 Å². The number of carbonyl (C=O) groups is 1. The zero-order valence-electron chi connectivity index (χ0n) is 10.3. The van der Waals surface area contributed by atoms with E-state index in [-0.39, 0.29) is 5.91 Å². The topological polar surface area (TPSA) is 77.8 Å². The second-order valence-electron chi connectivity index (χ2n) is 3.93. The Hall–Kier alpha value is -2.87. The van der Waals surface area contributed by atoms with Crippen molar-refractivity contribution < 1.29 is 4.79 Å². The van der Waals surface area contributed by atoms with Gasteiger partial charge in [-0.25, -0.2) is 4.98 Å². The molecule has 2 rings (SSSR count). The molecule has 0 spiro atoms. The van der Waals surface area contributed by atoms with Crippen molar-refractivity contribution in [3.8, 4) is 6.07 Å². The van der Waals surface area contributed by atoms with Crippen molar-refractivity contribution in [2.45, 2.75) is 6.92 Å². The molecule has 5 heteroatoms. The first-order valence-electron chi connectivity index (χ1n) is 5.68. The minimum Gasteiger partial charge on any atom is -0.340 e. The number of nitriles is 1. The van der Waals surface area contributed by atoms with Gasteiger partial charge in [0.25, 0.3) is 0 Å². The summed E-state index contributed by atoms with van der Waals surface area (Å²) in [5.74, 6) is 0.459. The zero-order valence-corrected chi connectivity index (χ0v) is 10.3. The zero-order chi connectivity index (χ0) is 13.7. The smallest absolute Gasteiger partial charge is 0.221 e. The summed E-state index contributed by atoms with van der Waals surface area (Å²) in [5, 5.41) is 14.6. The Kier molecular flexibility index (Phi) is 3.74. The molecule has 1 aromatic carbocycles. The van der Waals surface area contributed by atoms with Gasteiger partial charge in [-0.15, -0.1) is 0 Å².